The maximum atomic E-state index is 13.4. The first-order valence-electron chi connectivity index (χ1n) is 11.7. The van der Waals surface area contributed by atoms with Crippen molar-refractivity contribution in [2.75, 3.05) is 31.1 Å². The van der Waals surface area contributed by atoms with Crippen molar-refractivity contribution in [1.29, 1.82) is 0 Å². The molecule has 0 atom stereocenters. The topological polar surface area (TPSA) is 50.6 Å². The minimum absolute atomic E-state index is 0.0186. The first-order chi connectivity index (χ1) is 17.1. The van der Waals surface area contributed by atoms with Crippen LogP contribution in [0, 0.1) is 6.92 Å². The van der Waals surface area contributed by atoms with Crippen molar-refractivity contribution in [3.8, 4) is 11.4 Å². The zero-order valence-electron chi connectivity index (χ0n) is 19.6. The molecule has 1 aromatic heterocycles. The number of amides is 1. The first kappa shape index (κ1) is 23.0. The predicted molar refractivity (Wildman–Crippen MR) is 139 cm³/mol. The van der Waals surface area contributed by atoms with E-state index in [1.165, 1.54) is 0 Å². The number of benzene rings is 3. The summed E-state index contributed by atoms with van der Waals surface area (Å²) < 4.78 is 7.59. The Morgan fingerprint density at radius 3 is 2.34 bits per heavy atom. The number of ether oxygens (including phenoxy) is 1. The number of aromatic nitrogens is 2. The molecule has 3 aromatic carbocycles. The number of piperazine rings is 1. The van der Waals surface area contributed by atoms with Crippen LogP contribution in [0.4, 0.5) is 5.69 Å². The van der Waals surface area contributed by atoms with Gasteiger partial charge in [-0.2, -0.15) is 5.10 Å². The van der Waals surface area contributed by atoms with Crippen LogP contribution in [0.15, 0.2) is 84.9 Å². The summed E-state index contributed by atoms with van der Waals surface area (Å²) in [6.45, 7) is 5.26. The van der Waals surface area contributed by atoms with E-state index in [0.29, 0.717) is 30.4 Å². The van der Waals surface area contributed by atoms with Crippen molar-refractivity contribution >= 4 is 23.2 Å². The van der Waals surface area contributed by atoms with Gasteiger partial charge in [0.15, 0.2) is 0 Å². The Bertz CT molecular complexity index is 1300. The van der Waals surface area contributed by atoms with Crippen molar-refractivity contribution in [2.24, 2.45) is 0 Å². The average Bonchev–Trinajstić information content (AvgIpc) is 3.30. The number of halogens is 1. The van der Waals surface area contributed by atoms with E-state index in [1.807, 2.05) is 72.5 Å². The summed E-state index contributed by atoms with van der Waals surface area (Å²) in [6, 6.07) is 27.5. The standard InChI is InChI=1S/C28H27ClN4O2/c1-21-18-27(33(30-21)25-9-5-8-23(29)19-25)28(34)32-16-14-31(15-17-32)24-10-12-26(13-11-24)35-20-22-6-3-2-4-7-22/h2-13,18-19H,14-17,20H2,1H3. The van der Waals surface area contributed by atoms with Crippen molar-refractivity contribution < 1.29 is 9.53 Å². The summed E-state index contributed by atoms with van der Waals surface area (Å²) in [5.41, 5.74) is 4.40. The lowest BCUT2D eigenvalue weighted by atomic mass is 10.2. The minimum Gasteiger partial charge on any atom is -0.489 e. The van der Waals surface area contributed by atoms with Gasteiger partial charge in [0.2, 0.25) is 0 Å². The summed E-state index contributed by atoms with van der Waals surface area (Å²) in [7, 11) is 0. The molecule has 7 heteroatoms. The lowest BCUT2D eigenvalue weighted by molar-refractivity contribution is 0.0737. The van der Waals surface area contributed by atoms with Crippen LogP contribution < -0.4 is 9.64 Å². The molecule has 0 spiro atoms. The van der Waals surface area contributed by atoms with Crippen molar-refractivity contribution in [2.45, 2.75) is 13.5 Å². The van der Waals surface area contributed by atoms with Gasteiger partial charge in [0.05, 0.1) is 11.4 Å². The van der Waals surface area contributed by atoms with Crippen LogP contribution in [0.2, 0.25) is 5.02 Å². The van der Waals surface area contributed by atoms with Crippen molar-refractivity contribution in [3.05, 3.63) is 107 Å². The van der Waals surface area contributed by atoms with Gasteiger partial charge in [0, 0.05) is 36.9 Å². The second-order valence-corrected chi connectivity index (χ2v) is 9.05. The zero-order valence-corrected chi connectivity index (χ0v) is 20.4. The molecule has 0 unspecified atom stereocenters. The Labute approximate surface area is 210 Å². The molecule has 0 radical (unpaired) electrons. The second kappa shape index (κ2) is 10.2. The van der Waals surface area contributed by atoms with Gasteiger partial charge in [-0.1, -0.05) is 48.0 Å². The number of aryl methyl sites for hydroxylation is 1. The fraction of sp³-hybridized carbons (Fsp3) is 0.214. The van der Waals surface area contributed by atoms with E-state index in [2.05, 4.69) is 34.3 Å². The number of carbonyl (C=O) groups excluding carboxylic acids is 1. The molecule has 4 aromatic rings. The van der Waals surface area contributed by atoms with Crippen molar-refractivity contribution in [1.82, 2.24) is 14.7 Å². The molecule has 6 nitrogen and oxygen atoms in total. The van der Waals surface area contributed by atoms with E-state index in [4.69, 9.17) is 16.3 Å². The Kier molecular flexibility index (Phi) is 6.73. The van der Waals surface area contributed by atoms with Gasteiger partial charge >= 0.3 is 0 Å². The van der Waals surface area contributed by atoms with Crippen molar-refractivity contribution in [3.63, 3.8) is 0 Å². The maximum Gasteiger partial charge on any atom is 0.272 e. The molecule has 0 N–H and O–H groups in total. The van der Waals surface area contributed by atoms with Gasteiger partial charge in [-0.15, -0.1) is 0 Å². The molecule has 0 aliphatic carbocycles. The molecule has 178 valence electrons. The van der Waals surface area contributed by atoms with E-state index < -0.39 is 0 Å². The molecule has 0 saturated carbocycles. The summed E-state index contributed by atoms with van der Waals surface area (Å²) in [5, 5.41) is 5.14. The molecular formula is C28H27ClN4O2. The normalized spacial score (nSPS) is 13.7. The largest absolute Gasteiger partial charge is 0.489 e. The molecule has 35 heavy (non-hydrogen) atoms. The van der Waals surface area contributed by atoms with Crippen LogP contribution in [0.5, 0.6) is 5.75 Å². The van der Waals surface area contributed by atoms with E-state index in [1.54, 1.807) is 4.68 Å². The Hall–Kier alpha value is -3.77. The van der Waals surface area contributed by atoms with E-state index in [0.717, 1.165) is 41.5 Å². The van der Waals surface area contributed by atoms with E-state index in [-0.39, 0.29) is 5.91 Å². The van der Waals surface area contributed by atoms with Gasteiger partial charge in [0.25, 0.3) is 5.91 Å². The molecular weight excluding hydrogens is 460 g/mol. The Balaban J connectivity index is 1.20. The lowest BCUT2D eigenvalue weighted by Crippen LogP contribution is -2.49. The molecule has 2 heterocycles. The third-order valence-electron chi connectivity index (χ3n) is 6.12. The molecule has 5 rings (SSSR count). The monoisotopic (exact) mass is 486 g/mol. The average molecular weight is 487 g/mol. The van der Waals surface area contributed by atoms with Crippen LogP contribution in [0.25, 0.3) is 5.69 Å². The number of rotatable bonds is 6. The van der Waals surface area contributed by atoms with Gasteiger partial charge in [-0.3, -0.25) is 4.79 Å². The minimum atomic E-state index is -0.0186. The number of nitrogens with zero attached hydrogens (tertiary/aromatic N) is 4. The summed E-state index contributed by atoms with van der Waals surface area (Å²) >= 11 is 6.16. The molecule has 1 aliphatic heterocycles. The molecule has 1 fully saturated rings. The second-order valence-electron chi connectivity index (χ2n) is 8.61. The third-order valence-corrected chi connectivity index (χ3v) is 6.36. The fourth-order valence-electron chi connectivity index (χ4n) is 4.28. The number of anilines is 1. The molecule has 0 bridgehead atoms. The smallest absolute Gasteiger partial charge is 0.272 e. The SMILES string of the molecule is Cc1cc(C(=O)N2CCN(c3ccc(OCc4ccccc4)cc3)CC2)n(-c2cccc(Cl)c2)n1. The van der Waals surface area contributed by atoms with E-state index >= 15 is 0 Å². The Morgan fingerprint density at radius 1 is 0.886 bits per heavy atom. The van der Waals surface area contributed by atoms with Crippen LogP contribution >= 0.6 is 11.6 Å². The van der Waals surface area contributed by atoms with Gasteiger partial charge < -0.3 is 14.5 Å². The van der Waals surface area contributed by atoms with Gasteiger partial charge in [-0.25, -0.2) is 4.68 Å². The highest BCUT2D eigenvalue weighted by atomic mass is 35.5. The van der Waals surface area contributed by atoms with Crippen LogP contribution in [0.3, 0.4) is 0 Å². The quantitative estimate of drug-likeness (QED) is 0.367. The van der Waals surface area contributed by atoms with Crippen LogP contribution in [-0.4, -0.2) is 46.8 Å². The number of carbonyl (C=O) groups is 1. The number of hydrogen-bond acceptors (Lipinski definition) is 4. The third kappa shape index (κ3) is 5.33. The van der Waals surface area contributed by atoms with Crippen LogP contribution in [-0.2, 0) is 6.61 Å². The highest BCUT2D eigenvalue weighted by Gasteiger charge is 2.25. The molecule has 1 saturated heterocycles. The molecule has 1 amide bonds. The predicted octanol–water partition coefficient (Wildman–Crippen LogP) is 5.38. The number of hydrogen-bond donors (Lipinski definition) is 0. The lowest BCUT2D eigenvalue weighted by Gasteiger charge is -2.36. The zero-order chi connectivity index (χ0) is 24.2. The van der Waals surface area contributed by atoms with E-state index in [9.17, 15) is 4.79 Å². The highest BCUT2D eigenvalue weighted by molar-refractivity contribution is 6.30. The summed E-state index contributed by atoms with van der Waals surface area (Å²) in [4.78, 5) is 17.6. The molecule has 1 aliphatic rings. The Morgan fingerprint density at radius 2 is 1.63 bits per heavy atom. The van der Waals surface area contributed by atoms with Gasteiger partial charge in [-0.05, 0) is 61.0 Å². The van der Waals surface area contributed by atoms with Gasteiger partial charge in [0.1, 0.15) is 18.1 Å². The summed E-state index contributed by atoms with van der Waals surface area (Å²) in [5.74, 6) is 0.825. The highest BCUT2D eigenvalue weighted by Crippen LogP contribution is 2.23. The fourth-order valence-corrected chi connectivity index (χ4v) is 4.46. The van der Waals surface area contributed by atoms with Crippen LogP contribution in [0.1, 0.15) is 21.7 Å². The first-order valence-corrected chi connectivity index (χ1v) is 12.1. The summed E-state index contributed by atoms with van der Waals surface area (Å²) in [6.07, 6.45) is 0. The maximum absolute atomic E-state index is 13.4.